The third-order valence-electron chi connectivity index (χ3n) is 1.99. The molecule has 0 aliphatic carbocycles. The van der Waals surface area contributed by atoms with Gasteiger partial charge in [-0.25, -0.2) is 0 Å². The number of rotatable bonds is 9. The Morgan fingerprint density at radius 2 is 1.38 bits per heavy atom. The fraction of sp³-hybridized carbons (Fsp3) is 0.667. The summed E-state index contributed by atoms with van der Waals surface area (Å²) >= 11 is 0. The van der Waals surface area contributed by atoms with E-state index in [9.17, 15) is 29.7 Å². The van der Waals surface area contributed by atoms with E-state index < -0.39 is 55.7 Å². The van der Waals surface area contributed by atoms with Crippen LogP contribution in [0.2, 0.25) is 0 Å². The zero-order valence-electron chi connectivity index (χ0n) is 12.2. The van der Waals surface area contributed by atoms with E-state index >= 15 is 0 Å². The number of aliphatic hydroxyl groups is 2. The molecule has 104 valence electrons. The molecule has 0 saturated carbocycles. The summed E-state index contributed by atoms with van der Waals surface area (Å²) in [4.78, 5) is 31.6. The maximum atomic E-state index is 10.8. The maximum Gasteiger partial charge on any atom is 1.00 e. The van der Waals surface area contributed by atoms with Crippen LogP contribution in [0, 0.1) is 0 Å². The van der Waals surface area contributed by atoms with Crippen LogP contribution in [0.1, 0.15) is 12.8 Å². The molecule has 0 rings (SSSR count). The quantitative estimate of drug-likeness (QED) is 0.369. The molecule has 0 amide bonds. The summed E-state index contributed by atoms with van der Waals surface area (Å²) in [6, 6.07) is 0. The van der Waals surface area contributed by atoms with Gasteiger partial charge in [0, 0.05) is 24.8 Å². The Kier molecular flexibility index (Phi) is 25.3. The van der Waals surface area contributed by atoms with Gasteiger partial charge in [0.15, 0.2) is 0 Å². The second-order valence-corrected chi connectivity index (χ2v) is 3.53. The number of carboxylic acid groups (broad SMARTS) is 3. The zero-order valence-corrected chi connectivity index (χ0v) is 21.5. The number of carbonyl (C=O) groups excluding carboxylic acids is 3. The molecule has 0 aliphatic rings. The Labute approximate surface area is 248 Å². The first kappa shape index (κ1) is 31.9. The molecule has 9 nitrogen and oxygen atoms in total. The van der Waals surface area contributed by atoms with E-state index in [4.69, 9.17) is 10.2 Å². The SMILES string of the molecule is O=C([O-])CC(CC(=O)[O-])(OCC(O)CO)C(=O)[O-].[K+].[K+].[K+]. The molecule has 0 aromatic heterocycles. The van der Waals surface area contributed by atoms with Crippen molar-refractivity contribution in [3.05, 3.63) is 0 Å². The summed E-state index contributed by atoms with van der Waals surface area (Å²) < 4.78 is 4.55. The van der Waals surface area contributed by atoms with Crippen LogP contribution in [0.5, 0.6) is 0 Å². The Bertz CT molecular complexity index is 320. The number of carboxylic acids is 3. The number of hydrogen-bond acceptors (Lipinski definition) is 9. The van der Waals surface area contributed by atoms with Crippen LogP contribution >= 0.6 is 0 Å². The van der Waals surface area contributed by atoms with Crippen molar-refractivity contribution in [3.63, 3.8) is 0 Å². The number of aliphatic hydroxyl groups excluding tert-OH is 2. The van der Waals surface area contributed by atoms with Gasteiger partial charge in [0.2, 0.25) is 0 Å². The van der Waals surface area contributed by atoms with Crippen LogP contribution in [0.3, 0.4) is 0 Å². The van der Waals surface area contributed by atoms with Gasteiger partial charge in [0.1, 0.15) is 11.7 Å². The van der Waals surface area contributed by atoms with Crippen LogP contribution < -0.4 is 169 Å². The summed E-state index contributed by atoms with van der Waals surface area (Å²) in [5, 5.41) is 49.1. The molecule has 0 aromatic carbocycles. The fourth-order valence-electron chi connectivity index (χ4n) is 1.14. The van der Waals surface area contributed by atoms with Crippen LogP contribution in [0.25, 0.3) is 0 Å². The monoisotopic (exact) mass is 380 g/mol. The van der Waals surface area contributed by atoms with E-state index in [2.05, 4.69) is 4.74 Å². The second kappa shape index (κ2) is 16.7. The molecule has 1 atom stereocenters. The van der Waals surface area contributed by atoms with Crippen LogP contribution in [-0.2, 0) is 19.1 Å². The van der Waals surface area contributed by atoms with Crippen molar-refractivity contribution in [1.29, 1.82) is 0 Å². The average Bonchev–Trinajstić information content (AvgIpc) is 2.23. The van der Waals surface area contributed by atoms with Crippen molar-refractivity contribution in [3.8, 4) is 0 Å². The van der Waals surface area contributed by atoms with Crippen LogP contribution in [-0.4, -0.2) is 53.0 Å². The molecular weight excluding hydrogens is 369 g/mol. The minimum Gasteiger partial charge on any atom is -0.550 e. The van der Waals surface area contributed by atoms with E-state index in [0.29, 0.717) is 0 Å². The minimum atomic E-state index is -2.71. The van der Waals surface area contributed by atoms with Crippen molar-refractivity contribution in [1.82, 2.24) is 0 Å². The molecule has 0 bridgehead atoms. The van der Waals surface area contributed by atoms with Gasteiger partial charge in [-0.05, 0) is 0 Å². The summed E-state index contributed by atoms with van der Waals surface area (Å²) in [6.07, 6.45) is -4.07. The van der Waals surface area contributed by atoms with E-state index in [1.165, 1.54) is 0 Å². The van der Waals surface area contributed by atoms with Gasteiger partial charge in [-0.1, -0.05) is 0 Å². The zero-order chi connectivity index (χ0) is 14.3. The first-order valence-corrected chi connectivity index (χ1v) is 4.77. The molecule has 12 heteroatoms. The van der Waals surface area contributed by atoms with Gasteiger partial charge >= 0.3 is 154 Å². The third-order valence-corrected chi connectivity index (χ3v) is 1.99. The number of hydrogen-bond donors (Lipinski definition) is 2. The molecule has 0 aliphatic heterocycles. The molecule has 0 fully saturated rings. The van der Waals surface area contributed by atoms with Crippen LogP contribution in [0.4, 0.5) is 0 Å². The Morgan fingerprint density at radius 1 is 1.00 bits per heavy atom. The summed E-state index contributed by atoms with van der Waals surface area (Å²) in [5.41, 5.74) is -2.71. The molecule has 0 aromatic rings. The third kappa shape index (κ3) is 14.1. The topological polar surface area (TPSA) is 170 Å². The van der Waals surface area contributed by atoms with Crippen molar-refractivity contribution in [2.75, 3.05) is 13.2 Å². The molecule has 21 heavy (non-hydrogen) atoms. The van der Waals surface area contributed by atoms with E-state index in [0.717, 1.165) is 0 Å². The first-order chi connectivity index (χ1) is 8.23. The maximum absolute atomic E-state index is 10.8. The Morgan fingerprint density at radius 3 is 1.62 bits per heavy atom. The smallest absolute Gasteiger partial charge is 0.550 e. The van der Waals surface area contributed by atoms with Gasteiger partial charge in [-0.2, -0.15) is 0 Å². The Hall–Kier alpha value is 3.20. The number of ether oxygens (including phenoxy) is 1. The van der Waals surface area contributed by atoms with Crippen molar-refractivity contribution >= 4 is 17.9 Å². The van der Waals surface area contributed by atoms with Crippen molar-refractivity contribution in [2.45, 2.75) is 24.5 Å². The molecular formula is C9H11K3O9. The summed E-state index contributed by atoms with van der Waals surface area (Å²) in [7, 11) is 0. The molecule has 0 spiro atoms. The van der Waals surface area contributed by atoms with Gasteiger partial charge in [0.25, 0.3) is 0 Å². The van der Waals surface area contributed by atoms with E-state index in [1.807, 2.05) is 0 Å². The second-order valence-electron chi connectivity index (χ2n) is 3.53. The van der Waals surface area contributed by atoms with Gasteiger partial charge in [0.05, 0.1) is 19.2 Å². The molecule has 0 heterocycles. The first-order valence-electron chi connectivity index (χ1n) is 4.77. The normalized spacial score (nSPS) is 11.1. The van der Waals surface area contributed by atoms with Gasteiger partial charge < -0.3 is 44.7 Å². The summed E-state index contributed by atoms with van der Waals surface area (Å²) in [5.74, 6) is -5.85. The standard InChI is InChI=1S/C9H14O9.3K/c10-3-5(11)4-18-9(8(16)17,1-6(12)13)2-7(14)15;;;/h5,10-11H,1-4H2,(H,12,13)(H,14,15)(H,16,17);;;/q;3*+1/p-3. The van der Waals surface area contributed by atoms with Crippen molar-refractivity contribution < 1.29 is 199 Å². The Balaban J connectivity index is -0.000000482. The predicted octanol–water partition coefficient (Wildman–Crippen LogP) is -14.9. The molecule has 1 unspecified atom stereocenters. The van der Waals surface area contributed by atoms with Crippen molar-refractivity contribution in [2.24, 2.45) is 0 Å². The summed E-state index contributed by atoms with van der Waals surface area (Å²) in [6.45, 7) is -1.56. The minimum absolute atomic E-state index is 0. The predicted molar refractivity (Wildman–Crippen MR) is 46.0 cm³/mol. The van der Waals surface area contributed by atoms with Crippen LogP contribution in [0.15, 0.2) is 0 Å². The van der Waals surface area contributed by atoms with E-state index in [-0.39, 0.29) is 154 Å². The number of carbonyl (C=O) groups is 3. The van der Waals surface area contributed by atoms with Gasteiger partial charge in [-0.3, -0.25) is 0 Å². The van der Waals surface area contributed by atoms with Gasteiger partial charge in [-0.15, -0.1) is 0 Å². The van der Waals surface area contributed by atoms with E-state index in [1.54, 1.807) is 0 Å². The average molecular weight is 380 g/mol. The fourth-order valence-corrected chi connectivity index (χ4v) is 1.14. The molecule has 0 radical (unpaired) electrons. The number of aliphatic carboxylic acids is 3. The largest absolute Gasteiger partial charge is 1.00 e. The molecule has 0 saturated heterocycles. The molecule has 2 N–H and O–H groups in total.